The van der Waals surface area contributed by atoms with Crippen molar-refractivity contribution >= 4 is 24.0 Å². The van der Waals surface area contributed by atoms with Crippen molar-refractivity contribution in [2.24, 2.45) is 0 Å². The Kier molecular flexibility index (Phi) is 4.30. The topological polar surface area (TPSA) is 22.1 Å². The first-order chi connectivity index (χ1) is 8.60. The van der Waals surface area contributed by atoms with Gasteiger partial charge in [-0.3, -0.25) is 0 Å². The van der Waals surface area contributed by atoms with Crippen LogP contribution in [0.15, 0.2) is 18.2 Å². The van der Waals surface area contributed by atoms with Gasteiger partial charge in [-0.15, -0.1) is 11.3 Å². The second kappa shape index (κ2) is 5.76. The van der Waals surface area contributed by atoms with Crippen molar-refractivity contribution in [3.05, 3.63) is 44.9 Å². The molecular weight excluding hydrogens is 262 g/mol. The van der Waals surface area contributed by atoms with Crippen LogP contribution in [0.2, 0.25) is 0 Å². The van der Waals surface area contributed by atoms with E-state index >= 15 is 0 Å². The fourth-order valence-electron chi connectivity index (χ4n) is 1.70. The van der Waals surface area contributed by atoms with Gasteiger partial charge in [0.15, 0.2) is 0 Å². The van der Waals surface area contributed by atoms with E-state index in [-0.39, 0.29) is 0 Å². The Morgan fingerprint density at radius 2 is 2.06 bits per heavy atom. The highest BCUT2D eigenvalue weighted by Crippen LogP contribution is 2.23. The van der Waals surface area contributed by atoms with Gasteiger partial charge in [0.05, 0.1) is 5.69 Å². The molecule has 0 aliphatic heterocycles. The zero-order chi connectivity index (χ0) is 13.1. The van der Waals surface area contributed by atoms with Crippen LogP contribution in [0.4, 0.5) is 0 Å². The lowest BCUT2D eigenvalue weighted by Gasteiger charge is -2.08. The summed E-state index contributed by atoms with van der Waals surface area (Å²) in [4.78, 5) is 5.71. The van der Waals surface area contributed by atoms with Gasteiger partial charge >= 0.3 is 0 Å². The highest BCUT2D eigenvalue weighted by Gasteiger charge is 2.07. The molecule has 0 fully saturated rings. The third-order valence-electron chi connectivity index (χ3n) is 2.78. The monoisotopic (exact) mass is 279 g/mol. The second-order valence-electron chi connectivity index (χ2n) is 4.33. The van der Waals surface area contributed by atoms with E-state index in [1.807, 2.05) is 6.92 Å². The first kappa shape index (κ1) is 13.4. The van der Waals surface area contributed by atoms with Crippen molar-refractivity contribution in [2.75, 3.05) is 0 Å². The Morgan fingerprint density at radius 1 is 1.28 bits per heavy atom. The number of aryl methyl sites for hydroxylation is 3. The Balaban J connectivity index is 2.08. The first-order valence-corrected chi connectivity index (χ1v) is 7.31. The molecule has 0 aliphatic carbocycles. The van der Waals surface area contributed by atoms with Gasteiger partial charge in [0.1, 0.15) is 17.4 Å². The Bertz CT molecular complexity index is 549. The van der Waals surface area contributed by atoms with E-state index in [2.05, 4.69) is 49.7 Å². The van der Waals surface area contributed by atoms with Gasteiger partial charge in [0.25, 0.3) is 0 Å². The van der Waals surface area contributed by atoms with Crippen LogP contribution in [0.25, 0.3) is 0 Å². The van der Waals surface area contributed by atoms with Crippen molar-refractivity contribution in [3.63, 3.8) is 0 Å². The van der Waals surface area contributed by atoms with Gasteiger partial charge in [-0.2, -0.15) is 12.6 Å². The predicted octanol–water partition coefficient (Wildman–Crippen LogP) is 4.08. The third-order valence-corrected chi connectivity index (χ3v) is 4.44. The number of hydrogen-bond acceptors (Lipinski definition) is 4. The van der Waals surface area contributed by atoms with E-state index in [1.54, 1.807) is 11.3 Å². The molecule has 18 heavy (non-hydrogen) atoms. The quantitative estimate of drug-likeness (QED) is 0.852. The minimum atomic E-state index is 0.531. The number of ether oxygens (including phenoxy) is 1. The lowest BCUT2D eigenvalue weighted by Crippen LogP contribution is -1.97. The molecule has 2 rings (SSSR count). The highest BCUT2D eigenvalue weighted by molar-refractivity contribution is 7.79. The fraction of sp³-hybridized carbons (Fsp3) is 0.357. The zero-order valence-electron chi connectivity index (χ0n) is 10.9. The average molecular weight is 279 g/mol. The number of thiazole rings is 1. The summed E-state index contributed by atoms with van der Waals surface area (Å²) in [6.07, 6.45) is 0. The lowest BCUT2D eigenvalue weighted by atomic mass is 10.1. The summed E-state index contributed by atoms with van der Waals surface area (Å²) < 4.78 is 5.84. The standard InChI is InChI=1S/C14H17NOS2/c1-9-4-5-10(2)12(6-9)16-7-14-15-11(3)13(8-17)18-14/h4-6,17H,7-8H2,1-3H3. The molecule has 0 saturated heterocycles. The molecule has 0 N–H and O–H groups in total. The number of aromatic nitrogens is 1. The number of hydrogen-bond donors (Lipinski definition) is 1. The van der Waals surface area contributed by atoms with Gasteiger partial charge in [-0.1, -0.05) is 12.1 Å². The number of benzene rings is 1. The molecule has 2 nitrogen and oxygen atoms in total. The molecule has 0 bridgehead atoms. The minimum Gasteiger partial charge on any atom is -0.486 e. The molecule has 0 atom stereocenters. The van der Waals surface area contributed by atoms with E-state index in [9.17, 15) is 0 Å². The van der Waals surface area contributed by atoms with Crippen LogP contribution in [0.1, 0.15) is 26.7 Å². The lowest BCUT2D eigenvalue weighted by molar-refractivity contribution is 0.303. The van der Waals surface area contributed by atoms with E-state index in [1.165, 1.54) is 10.4 Å². The third kappa shape index (κ3) is 3.06. The van der Waals surface area contributed by atoms with Crippen molar-refractivity contribution < 1.29 is 4.74 Å². The molecule has 0 spiro atoms. The van der Waals surface area contributed by atoms with Crippen LogP contribution in [-0.2, 0) is 12.4 Å². The smallest absolute Gasteiger partial charge is 0.140 e. The van der Waals surface area contributed by atoms with Gasteiger partial charge < -0.3 is 4.74 Å². The summed E-state index contributed by atoms with van der Waals surface area (Å²) in [5.41, 5.74) is 3.43. The highest BCUT2D eigenvalue weighted by atomic mass is 32.1. The molecule has 0 saturated carbocycles. The molecule has 1 aromatic carbocycles. The summed E-state index contributed by atoms with van der Waals surface area (Å²) in [6, 6.07) is 6.24. The maximum Gasteiger partial charge on any atom is 0.140 e. The van der Waals surface area contributed by atoms with Gasteiger partial charge in [0.2, 0.25) is 0 Å². The van der Waals surface area contributed by atoms with Crippen molar-refractivity contribution in [1.29, 1.82) is 0 Å². The molecule has 96 valence electrons. The molecule has 2 aromatic rings. The zero-order valence-corrected chi connectivity index (χ0v) is 12.6. The van der Waals surface area contributed by atoms with Gasteiger partial charge in [-0.25, -0.2) is 4.98 Å². The van der Waals surface area contributed by atoms with E-state index in [0.29, 0.717) is 6.61 Å². The van der Waals surface area contributed by atoms with E-state index < -0.39 is 0 Å². The molecule has 0 aliphatic rings. The van der Waals surface area contributed by atoms with Crippen molar-refractivity contribution in [1.82, 2.24) is 4.98 Å². The van der Waals surface area contributed by atoms with Crippen LogP contribution >= 0.6 is 24.0 Å². The summed E-state index contributed by atoms with van der Waals surface area (Å²) in [5, 5.41) is 1.01. The predicted molar refractivity (Wildman–Crippen MR) is 79.8 cm³/mol. The number of thiol groups is 1. The summed E-state index contributed by atoms with van der Waals surface area (Å²) in [7, 11) is 0. The minimum absolute atomic E-state index is 0.531. The average Bonchev–Trinajstić information content (AvgIpc) is 2.71. The van der Waals surface area contributed by atoms with E-state index in [4.69, 9.17) is 4.74 Å². The van der Waals surface area contributed by atoms with Gasteiger partial charge in [0, 0.05) is 10.6 Å². The van der Waals surface area contributed by atoms with Gasteiger partial charge in [-0.05, 0) is 38.0 Å². The second-order valence-corrected chi connectivity index (χ2v) is 5.82. The first-order valence-electron chi connectivity index (χ1n) is 5.86. The summed E-state index contributed by atoms with van der Waals surface area (Å²) in [6.45, 7) is 6.67. The molecule has 0 amide bonds. The van der Waals surface area contributed by atoms with Crippen LogP contribution in [-0.4, -0.2) is 4.98 Å². The number of nitrogens with zero attached hydrogens (tertiary/aromatic N) is 1. The molecular formula is C14H17NOS2. The Labute approximate surface area is 117 Å². The van der Waals surface area contributed by atoms with E-state index in [0.717, 1.165) is 27.8 Å². The largest absolute Gasteiger partial charge is 0.486 e. The fourth-order valence-corrected chi connectivity index (χ4v) is 2.96. The Hall–Kier alpha value is -1.000. The van der Waals surface area contributed by atoms with Crippen molar-refractivity contribution in [3.8, 4) is 5.75 Å². The summed E-state index contributed by atoms with van der Waals surface area (Å²) in [5.74, 6) is 1.68. The number of rotatable bonds is 4. The molecule has 4 heteroatoms. The SMILES string of the molecule is Cc1ccc(C)c(OCc2nc(C)c(CS)s2)c1. The van der Waals surface area contributed by atoms with Crippen LogP contribution in [0.5, 0.6) is 5.75 Å². The summed E-state index contributed by atoms with van der Waals surface area (Å²) >= 11 is 5.97. The maximum atomic E-state index is 5.84. The van der Waals surface area contributed by atoms with Crippen LogP contribution in [0.3, 0.4) is 0 Å². The Morgan fingerprint density at radius 3 is 2.72 bits per heavy atom. The maximum absolute atomic E-state index is 5.84. The molecule has 0 unspecified atom stereocenters. The van der Waals surface area contributed by atoms with Crippen LogP contribution in [0, 0.1) is 20.8 Å². The molecule has 0 radical (unpaired) electrons. The molecule has 1 heterocycles. The van der Waals surface area contributed by atoms with Crippen molar-refractivity contribution in [2.45, 2.75) is 33.1 Å². The van der Waals surface area contributed by atoms with Crippen LogP contribution < -0.4 is 4.74 Å². The normalized spacial score (nSPS) is 10.7. The molecule has 1 aromatic heterocycles.